The molecule has 3 heterocycles. The highest BCUT2D eigenvalue weighted by molar-refractivity contribution is 8.00. The third-order valence-electron chi connectivity index (χ3n) is 7.63. The van der Waals surface area contributed by atoms with E-state index < -0.39 is 28.9 Å². The van der Waals surface area contributed by atoms with Gasteiger partial charge in [0.25, 0.3) is 5.91 Å². The maximum Gasteiger partial charge on any atom is 0.338 e. The van der Waals surface area contributed by atoms with Gasteiger partial charge < -0.3 is 24.3 Å². The van der Waals surface area contributed by atoms with Gasteiger partial charge in [-0.2, -0.15) is 0 Å². The highest BCUT2D eigenvalue weighted by Gasteiger charge is 2.36. The lowest BCUT2D eigenvalue weighted by Crippen LogP contribution is -2.46. The lowest BCUT2D eigenvalue weighted by atomic mass is 10.1. The molecule has 0 bridgehead atoms. The van der Waals surface area contributed by atoms with Crippen LogP contribution in [0.5, 0.6) is 23.0 Å². The fourth-order valence-electron chi connectivity index (χ4n) is 5.26. The number of nitrogens with zero attached hydrogens (tertiary/aromatic N) is 3. The van der Waals surface area contributed by atoms with Crippen molar-refractivity contribution in [3.05, 3.63) is 84.1 Å². The number of amides is 3. The quantitative estimate of drug-likeness (QED) is 0.194. The number of carbonyl (C=O) groups excluding carboxylic acids is 2. The second-order valence-corrected chi connectivity index (χ2v) is 11.8. The van der Waals surface area contributed by atoms with Gasteiger partial charge >= 0.3 is 6.03 Å². The molecule has 246 valence electrons. The van der Waals surface area contributed by atoms with Crippen LogP contribution in [0.2, 0.25) is 0 Å². The van der Waals surface area contributed by atoms with Crippen molar-refractivity contribution in [2.75, 3.05) is 57.6 Å². The number of hydrogen-bond donors (Lipinski definition) is 2. The van der Waals surface area contributed by atoms with Gasteiger partial charge in [0.05, 0.1) is 38.2 Å². The Bertz CT molecular complexity index is 1740. The van der Waals surface area contributed by atoms with Crippen LogP contribution < -0.4 is 25.0 Å². The van der Waals surface area contributed by atoms with E-state index in [0.29, 0.717) is 40.8 Å². The van der Waals surface area contributed by atoms with Crippen molar-refractivity contribution >= 4 is 40.3 Å². The number of rotatable bonds is 11. The minimum absolute atomic E-state index is 0.0348. The molecule has 2 N–H and O–H groups in total. The van der Waals surface area contributed by atoms with Crippen molar-refractivity contribution in [2.24, 2.45) is 0 Å². The molecule has 0 radical (unpaired) electrons. The molecule has 0 spiro atoms. The molecule has 2 aliphatic heterocycles. The predicted octanol–water partition coefficient (Wildman–Crippen LogP) is 5.73. The number of morpholine rings is 1. The van der Waals surface area contributed by atoms with Crippen LogP contribution in [0.1, 0.15) is 17.4 Å². The van der Waals surface area contributed by atoms with E-state index in [1.807, 2.05) is 12.1 Å². The summed E-state index contributed by atoms with van der Waals surface area (Å²) in [6.07, 6.45) is 2.52. The number of hydrazine groups is 1. The molecule has 1 aromatic heterocycles. The molecule has 11 nitrogen and oxygen atoms in total. The molecule has 6 rings (SSSR count). The standard InChI is InChI=1S/C33H33F2N5O6S/c1-43-29-18-25-27(19-30(29)45-14-2-11-39-12-15-44-16-13-39)36-10-9-28(25)46-23-6-4-22(5-7-23)37-33(42)38-40-31(41)20-47-32(40)24-8-3-21(34)17-26(24)35/h3-10,17-19,32H,2,11-16,20H2,1H3,(H2,37,38,42). The Morgan fingerprint density at radius 1 is 1.04 bits per heavy atom. The number of benzene rings is 3. The zero-order chi connectivity index (χ0) is 32.8. The second kappa shape index (κ2) is 14.8. The van der Waals surface area contributed by atoms with Gasteiger partial charge in [-0.3, -0.25) is 14.7 Å². The highest BCUT2D eigenvalue weighted by Crippen LogP contribution is 2.39. The smallest absolute Gasteiger partial charge is 0.338 e. The monoisotopic (exact) mass is 665 g/mol. The summed E-state index contributed by atoms with van der Waals surface area (Å²) in [6, 6.07) is 14.5. The van der Waals surface area contributed by atoms with Gasteiger partial charge in [0.2, 0.25) is 0 Å². The summed E-state index contributed by atoms with van der Waals surface area (Å²) in [7, 11) is 1.58. The Labute approximate surface area is 274 Å². The van der Waals surface area contributed by atoms with E-state index >= 15 is 0 Å². The highest BCUT2D eigenvalue weighted by atomic mass is 32.2. The number of nitrogens with one attached hydrogen (secondary N) is 2. The Kier molecular flexibility index (Phi) is 10.2. The molecule has 1 atom stereocenters. The van der Waals surface area contributed by atoms with E-state index in [1.54, 1.807) is 43.6 Å². The summed E-state index contributed by atoms with van der Waals surface area (Å²) in [5.41, 5.74) is 3.67. The third-order valence-corrected chi connectivity index (χ3v) is 8.82. The van der Waals surface area contributed by atoms with E-state index in [-0.39, 0.29) is 11.3 Å². The number of methoxy groups -OCH3 is 1. The SMILES string of the molecule is COc1cc2c(Oc3ccc(NC(=O)NN4C(=O)CSC4c4ccc(F)cc4F)cc3)ccnc2cc1OCCCN1CCOCC1. The number of anilines is 1. The van der Waals surface area contributed by atoms with E-state index in [2.05, 4.69) is 20.6 Å². The van der Waals surface area contributed by atoms with Crippen molar-refractivity contribution in [3.63, 3.8) is 0 Å². The number of fused-ring (bicyclic) bond motifs is 1. The first-order chi connectivity index (χ1) is 22.9. The molecule has 2 aliphatic rings. The van der Waals surface area contributed by atoms with Crippen LogP contribution in [0.3, 0.4) is 0 Å². The zero-order valence-electron chi connectivity index (χ0n) is 25.5. The number of aromatic nitrogens is 1. The van der Waals surface area contributed by atoms with Gasteiger partial charge in [-0.05, 0) is 48.9 Å². The average molecular weight is 666 g/mol. The molecule has 3 amide bonds. The van der Waals surface area contributed by atoms with Crippen molar-refractivity contribution in [2.45, 2.75) is 11.8 Å². The van der Waals surface area contributed by atoms with Crippen LogP contribution in [0.15, 0.2) is 66.9 Å². The minimum atomic E-state index is -0.832. The molecule has 14 heteroatoms. The molecule has 1 unspecified atom stereocenters. The van der Waals surface area contributed by atoms with Gasteiger partial charge in [0, 0.05) is 54.6 Å². The van der Waals surface area contributed by atoms with Gasteiger partial charge in [0.1, 0.15) is 28.5 Å². The van der Waals surface area contributed by atoms with Crippen molar-refractivity contribution < 1.29 is 37.3 Å². The first kappa shape index (κ1) is 32.3. The number of thioether (sulfide) groups is 1. The summed E-state index contributed by atoms with van der Waals surface area (Å²) >= 11 is 1.13. The van der Waals surface area contributed by atoms with Crippen LogP contribution in [0.4, 0.5) is 19.3 Å². The second-order valence-electron chi connectivity index (χ2n) is 10.8. The van der Waals surface area contributed by atoms with Crippen LogP contribution >= 0.6 is 11.8 Å². The fourth-order valence-corrected chi connectivity index (χ4v) is 6.39. The maximum atomic E-state index is 14.4. The summed E-state index contributed by atoms with van der Waals surface area (Å²) in [5.74, 6) is 0.309. The van der Waals surface area contributed by atoms with E-state index in [1.165, 1.54) is 6.07 Å². The lowest BCUT2D eigenvalue weighted by Gasteiger charge is -2.26. The zero-order valence-corrected chi connectivity index (χ0v) is 26.4. The van der Waals surface area contributed by atoms with E-state index in [0.717, 1.165) is 73.6 Å². The van der Waals surface area contributed by atoms with Crippen LogP contribution in [0.25, 0.3) is 10.9 Å². The summed E-state index contributed by atoms with van der Waals surface area (Å²) < 4.78 is 51.0. The van der Waals surface area contributed by atoms with Crippen LogP contribution in [-0.4, -0.2) is 79.1 Å². The third kappa shape index (κ3) is 7.84. The largest absolute Gasteiger partial charge is 0.493 e. The average Bonchev–Trinajstić information content (AvgIpc) is 3.43. The van der Waals surface area contributed by atoms with Gasteiger partial charge in [-0.25, -0.2) is 24.0 Å². The number of carbonyl (C=O) groups is 2. The number of halogens is 2. The lowest BCUT2D eigenvalue weighted by molar-refractivity contribution is -0.130. The first-order valence-electron chi connectivity index (χ1n) is 15.0. The Morgan fingerprint density at radius 2 is 1.85 bits per heavy atom. The molecule has 0 aliphatic carbocycles. The van der Waals surface area contributed by atoms with Gasteiger partial charge in [0.15, 0.2) is 11.5 Å². The molecular formula is C33H33F2N5O6S. The first-order valence-corrected chi connectivity index (χ1v) is 16.1. The molecule has 4 aromatic rings. The summed E-state index contributed by atoms with van der Waals surface area (Å²) in [6.45, 7) is 4.87. The maximum absolute atomic E-state index is 14.4. The topological polar surface area (TPSA) is 114 Å². The van der Waals surface area contributed by atoms with Crippen molar-refractivity contribution in [3.8, 4) is 23.0 Å². The Morgan fingerprint density at radius 3 is 2.62 bits per heavy atom. The van der Waals surface area contributed by atoms with Gasteiger partial charge in [-0.1, -0.05) is 6.07 Å². The van der Waals surface area contributed by atoms with Gasteiger partial charge in [-0.15, -0.1) is 11.8 Å². The number of urea groups is 1. The minimum Gasteiger partial charge on any atom is -0.493 e. The molecule has 2 saturated heterocycles. The summed E-state index contributed by atoms with van der Waals surface area (Å²) in [4.78, 5) is 32.0. The molecule has 0 saturated carbocycles. The van der Waals surface area contributed by atoms with E-state index in [9.17, 15) is 18.4 Å². The summed E-state index contributed by atoms with van der Waals surface area (Å²) in [5, 5.41) is 3.59. The number of ether oxygens (including phenoxy) is 4. The fraction of sp³-hybridized carbons (Fsp3) is 0.303. The van der Waals surface area contributed by atoms with Crippen molar-refractivity contribution in [1.29, 1.82) is 0 Å². The molecule has 3 aromatic carbocycles. The van der Waals surface area contributed by atoms with Crippen molar-refractivity contribution in [1.82, 2.24) is 20.3 Å². The molecular weight excluding hydrogens is 632 g/mol. The predicted molar refractivity (Wildman–Crippen MR) is 173 cm³/mol. The van der Waals surface area contributed by atoms with E-state index in [4.69, 9.17) is 18.9 Å². The Balaban J connectivity index is 1.07. The number of pyridine rings is 1. The molecule has 47 heavy (non-hydrogen) atoms. The van der Waals surface area contributed by atoms with Crippen LogP contribution in [0, 0.1) is 11.6 Å². The number of hydrogen-bond acceptors (Lipinski definition) is 9. The normalized spacial score (nSPS) is 16.7. The van der Waals surface area contributed by atoms with Crippen LogP contribution in [-0.2, 0) is 9.53 Å². The Hall–Kier alpha value is -4.66. The molecule has 2 fully saturated rings.